The lowest BCUT2D eigenvalue weighted by molar-refractivity contribution is -0.140. The molecule has 0 heterocycles. The Hall–Kier alpha value is -0.990. The summed E-state index contributed by atoms with van der Waals surface area (Å²) in [5.41, 5.74) is 0. The van der Waals surface area contributed by atoms with Gasteiger partial charge < -0.3 is 5.11 Å². The van der Waals surface area contributed by atoms with Crippen LogP contribution in [0.25, 0.3) is 0 Å². The average molecular weight is 354 g/mol. The van der Waals surface area contributed by atoms with Gasteiger partial charge >= 0.3 is 5.97 Å². The normalized spacial score (nSPS) is 13.5. The van der Waals surface area contributed by atoms with E-state index in [-0.39, 0.29) is 9.37 Å². The second-order valence-corrected chi connectivity index (χ2v) is 6.79. The molecule has 0 fully saturated rings. The van der Waals surface area contributed by atoms with Gasteiger partial charge in [-0.2, -0.15) is 4.72 Å². The zero-order chi connectivity index (χ0) is 14.8. The summed E-state index contributed by atoms with van der Waals surface area (Å²) < 4.78 is 39.4. The Morgan fingerprint density at radius 2 is 2.00 bits per heavy atom. The molecule has 0 aliphatic heterocycles. The van der Waals surface area contributed by atoms with Crippen LogP contribution < -0.4 is 4.72 Å². The molecule has 0 spiro atoms. The molecule has 1 rings (SSSR count). The van der Waals surface area contributed by atoms with E-state index in [2.05, 4.69) is 20.7 Å². The van der Waals surface area contributed by atoms with Crippen molar-refractivity contribution in [3.8, 4) is 0 Å². The molecule has 1 atom stereocenters. The van der Waals surface area contributed by atoms with Crippen molar-refractivity contribution in [2.45, 2.75) is 24.8 Å². The van der Waals surface area contributed by atoms with E-state index in [0.29, 0.717) is 0 Å². The van der Waals surface area contributed by atoms with E-state index >= 15 is 0 Å². The second kappa shape index (κ2) is 5.98. The Balaban J connectivity index is 3.17. The van der Waals surface area contributed by atoms with Crippen LogP contribution in [0.3, 0.4) is 0 Å². The fourth-order valence-corrected chi connectivity index (χ4v) is 3.70. The summed E-state index contributed by atoms with van der Waals surface area (Å²) in [7, 11) is -4.12. The Bertz CT molecular complexity index is 588. The van der Waals surface area contributed by atoms with Crippen LogP contribution in [0.5, 0.6) is 0 Å². The maximum Gasteiger partial charge on any atom is 0.322 e. The van der Waals surface area contributed by atoms with Crippen molar-refractivity contribution in [1.29, 1.82) is 0 Å². The number of aliphatic carboxylic acids is 1. The summed E-state index contributed by atoms with van der Waals surface area (Å²) >= 11 is 3.00. The van der Waals surface area contributed by atoms with Gasteiger partial charge in [0.25, 0.3) is 0 Å². The van der Waals surface area contributed by atoms with E-state index in [9.17, 15) is 17.6 Å². The predicted molar refractivity (Wildman–Crippen MR) is 70.7 cm³/mol. The van der Waals surface area contributed by atoms with E-state index in [0.717, 1.165) is 12.1 Å². The summed E-state index contributed by atoms with van der Waals surface area (Å²) in [4.78, 5) is 10.7. The molecule has 0 saturated heterocycles. The van der Waals surface area contributed by atoms with Crippen LogP contribution in [0.4, 0.5) is 4.39 Å². The Labute approximate surface area is 119 Å². The highest BCUT2D eigenvalue weighted by atomic mass is 79.9. The summed E-state index contributed by atoms with van der Waals surface area (Å²) in [5, 5.41) is 8.97. The van der Waals surface area contributed by atoms with Crippen molar-refractivity contribution in [2.24, 2.45) is 5.92 Å². The van der Waals surface area contributed by atoms with Crippen LogP contribution in [0.15, 0.2) is 27.6 Å². The molecule has 19 heavy (non-hydrogen) atoms. The molecule has 1 aromatic rings. The number of carboxylic acid groups (broad SMARTS) is 1. The number of hydrogen-bond acceptors (Lipinski definition) is 3. The van der Waals surface area contributed by atoms with E-state index in [4.69, 9.17) is 5.11 Å². The molecule has 2 N–H and O–H groups in total. The van der Waals surface area contributed by atoms with E-state index < -0.39 is 33.8 Å². The number of sulfonamides is 1. The summed E-state index contributed by atoms with van der Waals surface area (Å²) in [5.74, 6) is -2.45. The van der Waals surface area contributed by atoms with Crippen molar-refractivity contribution < 1.29 is 22.7 Å². The number of carboxylic acids is 1. The maximum atomic E-state index is 13.1. The monoisotopic (exact) mass is 353 g/mol. The second-order valence-electron chi connectivity index (χ2n) is 4.26. The highest BCUT2D eigenvalue weighted by Gasteiger charge is 2.29. The lowest BCUT2D eigenvalue weighted by Gasteiger charge is -2.18. The quantitative estimate of drug-likeness (QED) is 0.847. The number of carbonyl (C=O) groups is 1. The molecule has 0 saturated carbocycles. The van der Waals surface area contributed by atoms with Gasteiger partial charge in [-0.3, -0.25) is 4.79 Å². The molecule has 0 amide bonds. The largest absolute Gasteiger partial charge is 0.480 e. The van der Waals surface area contributed by atoms with Crippen LogP contribution in [0.2, 0.25) is 0 Å². The molecule has 0 aromatic heterocycles. The average Bonchev–Trinajstić information content (AvgIpc) is 2.28. The molecule has 106 valence electrons. The minimum atomic E-state index is -4.12. The molecule has 8 heteroatoms. The zero-order valence-electron chi connectivity index (χ0n) is 10.2. The van der Waals surface area contributed by atoms with Crippen LogP contribution in [-0.2, 0) is 14.8 Å². The van der Waals surface area contributed by atoms with Gasteiger partial charge in [0.05, 0.1) is 4.90 Å². The molecule has 0 radical (unpaired) electrons. The van der Waals surface area contributed by atoms with Crippen LogP contribution in [0, 0.1) is 11.7 Å². The van der Waals surface area contributed by atoms with Gasteiger partial charge in [0.1, 0.15) is 11.9 Å². The van der Waals surface area contributed by atoms with Gasteiger partial charge in [0.2, 0.25) is 10.0 Å². The standard InChI is InChI=1S/C11H13BrFNO4S/c1-6(2)10(11(15)16)14-19(17,18)9-5-7(13)3-4-8(9)12/h3-6,10,14H,1-2H3,(H,15,16)/t10-/m0/s1. The first kappa shape index (κ1) is 16.1. The van der Waals surface area contributed by atoms with Gasteiger partial charge in [0.15, 0.2) is 0 Å². The third kappa shape index (κ3) is 3.99. The third-order valence-corrected chi connectivity index (χ3v) is 4.83. The Kier molecular flexibility index (Phi) is 5.05. The molecule has 5 nitrogen and oxygen atoms in total. The lowest BCUT2D eigenvalue weighted by Crippen LogP contribution is -2.44. The molecule has 0 aliphatic carbocycles. The zero-order valence-corrected chi connectivity index (χ0v) is 12.6. The minimum absolute atomic E-state index is 0.161. The Morgan fingerprint density at radius 3 is 2.47 bits per heavy atom. The van der Waals surface area contributed by atoms with Gasteiger partial charge in [-0.15, -0.1) is 0 Å². The van der Waals surface area contributed by atoms with E-state index in [1.54, 1.807) is 13.8 Å². The number of rotatable bonds is 5. The molecule has 0 aliphatic rings. The predicted octanol–water partition coefficient (Wildman–Crippen LogP) is 1.98. The highest BCUT2D eigenvalue weighted by molar-refractivity contribution is 9.10. The first-order valence-corrected chi connectivity index (χ1v) is 7.63. The van der Waals surface area contributed by atoms with Gasteiger partial charge in [-0.25, -0.2) is 12.8 Å². The van der Waals surface area contributed by atoms with Crippen molar-refractivity contribution in [3.05, 3.63) is 28.5 Å². The molecule has 1 aromatic carbocycles. The van der Waals surface area contributed by atoms with Gasteiger partial charge in [-0.05, 0) is 40.0 Å². The number of nitrogens with one attached hydrogen (secondary N) is 1. The molecule has 0 unspecified atom stereocenters. The third-order valence-electron chi connectivity index (χ3n) is 2.40. The number of hydrogen-bond donors (Lipinski definition) is 2. The van der Waals surface area contributed by atoms with Crippen LogP contribution >= 0.6 is 15.9 Å². The fourth-order valence-electron chi connectivity index (χ4n) is 1.39. The van der Waals surface area contributed by atoms with E-state index in [1.807, 2.05) is 0 Å². The highest BCUT2D eigenvalue weighted by Crippen LogP contribution is 2.23. The molecular formula is C11H13BrFNO4S. The van der Waals surface area contributed by atoms with Crippen LogP contribution in [0.1, 0.15) is 13.8 Å². The Morgan fingerprint density at radius 1 is 1.42 bits per heavy atom. The van der Waals surface area contributed by atoms with E-state index in [1.165, 1.54) is 6.07 Å². The van der Waals surface area contributed by atoms with Crippen molar-refractivity contribution >= 4 is 31.9 Å². The van der Waals surface area contributed by atoms with Crippen LogP contribution in [-0.4, -0.2) is 25.5 Å². The summed E-state index contributed by atoms with van der Waals surface area (Å²) in [6.07, 6.45) is 0. The summed E-state index contributed by atoms with van der Waals surface area (Å²) in [6, 6.07) is 1.89. The maximum absolute atomic E-state index is 13.1. The first-order valence-electron chi connectivity index (χ1n) is 5.35. The van der Waals surface area contributed by atoms with Crippen molar-refractivity contribution in [1.82, 2.24) is 4.72 Å². The first-order chi connectivity index (χ1) is 8.65. The lowest BCUT2D eigenvalue weighted by atomic mass is 10.1. The number of halogens is 2. The van der Waals surface area contributed by atoms with Gasteiger partial charge in [0, 0.05) is 4.47 Å². The number of benzene rings is 1. The fraction of sp³-hybridized carbons (Fsp3) is 0.364. The smallest absolute Gasteiger partial charge is 0.322 e. The molecule has 0 bridgehead atoms. The molecular weight excluding hydrogens is 341 g/mol. The minimum Gasteiger partial charge on any atom is -0.480 e. The van der Waals surface area contributed by atoms with Crippen molar-refractivity contribution in [2.75, 3.05) is 0 Å². The van der Waals surface area contributed by atoms with Gasteiger partial charge in [-0.1, -0.05) is 13.8 Å². The SMILES string of the molecule is CC(C)[C@H](NS(=O)(=O)c1cc(F)ccc1Br)C(=O)O. The summed E-state index contributed by atoms with van der Waals surface area (Å²) in [6.45, 7) is 3.14. The van der Waals surface area contributed by atoms with Crippen molar-refractivity contribution in [3.63, 3.8) is 0 Å². The topological polar surface area (TPSA) is 83.5 Å².